The molecule has 2 aromatic rings. The summed E-state index contributed by atoms with van der Waals surface area (Å²) in [4.78, 5) is 4.32. The summed E-state index contributed by atoms with van der Waals surface area (Å²) in [5.41, 5.74) is 1.01. The maximum atomic E-state index is 4.47. The van der Waals surface area contributed by atoms with Crippen LogP contribution in [-0.2, 0) is 5.54 Å². The molecule has 0 bridgehead atoms. The molecule has 0 spiro atoms. The molecular formula is C12H14BrN3. The van der Waals surface area contributed by atoms with Gasteiger partial charge in [0.1, 0.15) is 6.33 Å². The number of halogens is 1. The van der Waals surface area contributed by atoms with E-state index in [4.69, 9.17) is 0 Å². The van der Waals surface area contributed by atoms with Crippen LogP contribution in [0.3, 0.4) is 0 Å². The van der Waals surface area contributed by atoms with Crippen LogP contribution in [0.25, 0.3) is 11.4 Å². The first-order valence-electron chi connectivity index (χ1n) is 5.15. The molecule has 0 aliphatic carbocycles. The summed E-state index contributed by atoms with van der Waals surface area (Å²) in [6.45, 7) is 6.31. The van der Waals surface area contributed by atoms with E-state index < -0.39 is 0 Å². The Hall–Kier alpha value is -1.16. The van der Waals surface area contributed by atoms with Gasteiger partial charge in [0.05, 0.1) is 5.54 Å². The minimum absolute atomic E-state index is 0.0272. The molecule has 0 N–H and O–H groups in total. The lowest BCUT2D eigenvalue weighted by Gasteiger charge is -2.17. The first kappa shape index (κ1) is 11.3. The smallest absolute Gasteiger partial charge is 0.181 e. The fourth-order valence-electron chi connectivity index (χ4n) is 1.32. The maximum absolute atomic E-state index is 4.47. The van der Waals surface area contributed by atoms with Gasteiger partial charge in [0.25, 0.3) is 0 Å². The van der Waals surface area contributed by atoms with E-state index in [1.165, 1.54) is 0 Å². The maximum Gasteiger partial charge on any atom is 0.181 e. The van der Waals surface area contributed by atoms with E-state index in [-0.39, 0.29) is 5.54 Å². The van der Waals surface area contributed by atoms with Crippen LogP contribution in [0.15, 0.2) is 35.1 Å². The van der Waals surface area contributed by atoms with E-state index in [1.807, 2.05) is 28.9 Å². The number of benzene rings is 1. The highest BCUT2D eigenvalue weighted by Crippen LogP contribution is 2.20. The van der Waals surface area contributed by atoms with E-state index in [0.717, 1.165) is 15.9 Å². The van der Waals surface area contributed by atoms with Crippen molar-refractivity contribution in [2.45, 2.75) is 26.3 Å². The van der Waals surface area contributed by atoms with Crippen molar-refractivity contribution in [3.05, 3.63) is 35.1 Å². The second kappa shape index (κ2) is 4.01. The van der Waals surface area contributed by atoms with Crippen LogP contribution < -0.4 is 0 Å². The second-order valence-electron chi connectivity index (χ2n) is 4.69. The summed E-state index contributed by atoms with van der Waals surface area (Å²) in [5.74, 6) is 0.766. The van der Waals surface area contributed by atoms with Crippen LogP contribution in [0.5, 0.6) is 0 Å². The predicted octanol–water partition coefficient (Wildman–Crippen LogP) is 3.46. The summed E-state index contributed by atoms with van der Waals surface area (Å²) in [6.07, 6.45) is 1.78. The summed E-state index contributed by atoms with van der Waals surface area (Å²) >= 11 is 3.41. The van der Waals surface area contributed by atoms with Crippen molar-refractivity contribution in [2.75, 3.05) is 0 Å². The molecule has 0 saturated carbocycles. The van der Waals surface area contributed by atoms with E-state index in [2.05, 4.69) is 46.8 Å². The minimum atomic E-state index is -0.0272. The normalized spacial score (nSPS) is 11.8. The highest BCUT2D eigenvalue weighted by molar-refractivity contribution is 9.10. The van der Waals surface area contributed by atoms with E-state index >= 15 is 0 Å². The fourth-order valence-corrected chi connectivity index (χ4v) is 1.58. The minimum Gasteiger partial charge on any atom is -0.247 e. The average Bonchev–Trinajstić information content (AvgIpc) is 2.67. The van der Waals surface area contributed by atoms with E-state index in [9.17, 15) is 0 Å². The molecule has 0 aliphatic heterocycles. The highest BCUT2D eigenvalue weighted by atomic mass is 79.9. The van der Waals surface area contributed by atoms with E-state index in [1.54, 1.807) is 6.33 Å². The Balaban J connectivity index is 2.35. The van der Waals surface area contributed by atoms with Crippen molar-refractivity contribution in [2.24, 2.45) is 0 Å². The van der Waals surface area contributed by atoms with Crippen LogP contribution in [0, 0.1) is 0 Å². The lowest BCUT2D eigenvalue weighted by atomic mass is 10.1. The predicted molar refractivity (Wildman–Crippen MR) is 68.2 cm³/mol. The summed E-state index contributed by atoms with van der Waals surface area (Å²) in [7, 11) is 0. The van der Waals surface area contributed by atoms with Crippen molar-refractivity contribution >= 4 is 15.9 Å². The van der Waals surface area contributed by atoms with Crippen molar-refractivity contribution in [1.29, 1.82) is 0 Å². The quantitative estimate of drug-likeness (QED) is 0.800. The Morgan fingerprint density at radius 1 is 1.12 bits per heavy atom. The molecule has 0 unspecified atom stereocenters. The van der Waals surface area contributed by atoms with Gasteiger partial charge in [-0.25, -0.2) is 9.67 Å². The molecule has 0 amide bonds. The zero-order chi connectivity index (χ0) is 11.8. The number of hydrogen-bond donors (Lipinski definition) is 0. The third-order valence-corrected chi connectivity index (χ3v) is 2.81. The van der Waals surface area contributed by atoms with Crippen molar-refractivity contribution in [1.82, 2.24) is 14.8 Å². The van der Waals surface area contributed by atoms with Crippen LogP contribution in [0.2, 0.25) is 0 Å². The molecule has 1 aromatic carbocycles. The van der Waals surface area contributed by atoms with Gasteiger partial charge in [-0.1, -0.05) is 28.1 Å². The van der Waals surface area contributed by atoms with Gasteiger partial charge in [-0.15, -0.1) is 0 Å². The van der Waals surface area contributed by atoms with Crippen molar-refractivity contribution in [3.63, 3.8) is 0 Å². The topological polar surface area (TPSA) is 30.7 Å². The Bertz CT molecular complexity index is 480. The van der Waals surface area contributed by atoms with Gasteiger partial charge >= 0.3 is 0 Å². The number of nitrogens with zero attached hydrogens (tertiary/aromatic N) is 3. The number of hydrogen-bond acceptors (Lipinski definition) is 2. The molecule has 0 saturated heterocycles. The van der Waals surface area contributed by atoms with Crippen molar-refractivity contribution in [3.8, 4) is 11.4 Å². The number of rotatable bonds is 1. The molecule has 3 nitrogen and oxygen atoms in total. The summed E-state index contributed by atoms with van der Waals surface area (Å²) in [6, 6.07) is 8.00. The van der Waals surface area contributed by atoms with Gasteiger partial charge in [-0.05, 0) is 32.9 Å². The van der Waals surface area contributed by atoms with Gasteiger partial charge < -0.3 is 0 Å². The zero-order valence-corrected chi connectivity index (χ0v) is 11.2. The van der Waals surface area contributed by atoms with Gasteiger partial charge in [-0.3, -0.25) is 0 Å². The largest absolute Gasteiger partial charge is 0.247 e. The van der Waals surface area contributed by atoms with Crippen molar-refractivity contribution < 1.29 is 0 Å². The molecule has 4 heteroatoms. The number of aromatic nitrogens is 3. The molecular weight excluding hydrogens is 266 g/mol. The van der Waals surface area contributed by atoms with Crippen LogP contribution >= 0.6 is 15.9 Å². The molecule has 0 aliphatic rings. The molecule has 0 atom stereocenters. The van der Waals surface area contributed by atoms with E-state index in [0.29, 0.717) is 0 Å². The molecule has 2 rings (SSSR count). The fraction of sp³-hybridized carbons (Fsp3) is 0.333. The Morgan fingerprint density at radius 2 is 1.75 bits per heavy atom. The van der Waals surface area contributed by atoms with Gasteiger partial charge in [0.2, 0.25) is 0 Å². The van der Waals surface area contributed by atoms with Crippen LogP contribution in [0.1, 0.15) is 20.8 Å². The standard InChI is InChI=1S/C12H14BrN3/c1-12(2,3)16-8-14-11(15-16)9-4-6-10(13)7-5-9/h4-8H,1-3H3. The molecule has 0 radical (unpaired) electrons. The summed E-state index contributed by atoms with van der Waals surface area (Å²) in [5, 5.41) is 4.47. The van der Waals surface area contributed by atoms with Gasteiger partial charge in [-0.2, -0.15) is 5.10 Å². The molecule has 84 valence electrons. The Kier molecular flexibility index (Phi) is 2.84. The second-order valence-corrected chi connectivity index (χ2v) is 5.61. The lowest BCUT2D eigenvalue weighted by Crippen LogP contribution is -2.22. The monoisotopic (exact) mass is 279 g/mol. The first-order valence-corrected chi connectivity index (χ1v) is 5.94. The van der Waals surface area contributed by atoms with Crippen LogP contribution in [0.4, 0.5) is 0 Å². The summed E-state index contributed by atoms with van der Waals surface area (Å²) < 4.78 is 2.94. The Morgan fingerprint density at radius 3 is 2.25 bits per heavy atom. The third-order valence-electron chi connectivity index (χ3n) is 2.28. The van der Waals surface area contributed by atoms with Gasteiger partial charge in [0.15, 0.2) is 5.82 Å². The molecule has 1 aromatic heterocycles. The first-order chi connectivity index (χ1) is 7.47. The zero-order valence-electron chi connectivity index (χ0n) is 9.61. The Labute approximate surface area is 104 Å². The molecule has 0 fully saturated rings. The molecule has 1 heterocycles. The average molecular weight is 280 g/mol. The third kappa shape index (κ3) is 2.32. The highest BCUT2D eigenvalue weighted by Gasteiger charge is 2.15. The van der Waals surface area contributed by atoms with Crippen LogP contribution in [-0.4, -0.2) is 14.8 Å². The lowest BCUT2D eigenvalue weighted by molar-refractivity contribution is 0.355. The SMILES string of the molecule is CC(C)(C)n1cnc(-c2ccc(Br)cc2)n1. The van der Waals surface area contributed by atoms with Gasteiger partial charge in [0, 0.05) is 10.0 Å². The molecule has 16 heavy (non-hydrogen) atoms.